The number of nitriles is 1. The van der Waals surface area contributed by atoms with Gasteiger partial charge in [-0.3, -0.25) is 10.4 Å². The lowest BCUT2D eigenvalue weighted by Crippen LogP contribution is -2.19. The summed E-state index contributed by atoms with van der Waals surface area (Å²) < 4.78 is 0. The molecule has 30 heavy (non-hydrogen) atoms. The number of rotatable bonds is 6. The smallest absolute Gasteiger partial charge is 0.325 e. The Morgan fingerprint density at radius 3 is 2.97 bits per heavy atom. The molecule has 3 heterocycles. The number of fused-ring (bicyclic) bond motifs is 1. The molecule has 0 bridgehead atoms. The van der Waals surface area contributed by atoms with Crippen LogP contribution in [0.4, 0.5) is 21.4 Å². The van der Waals surface area contributed by atoms with E-state index in [1.165, 1.54) is 23.7 Å². The molecule has 0 atom stereocenters. The normalized spacial score (nSPS) is 10.5. The van der Waals surface area contributed by atoms with Crippen molar-refractivity contribution in [1.29, 1.82) is 5.26 Å². The van der Waals surface area contributed by atoms with Crippen molar-refractivity contribution in [2.75, 3.05) is 22.5 Å². The maximum atomic E-state index is 12.2. The highest BCUT2D eigenvalue weighted by Gasteiger charge is 2.09. The second kappa shape index (κ2) is 8.73. The van der Waals surface area contributed by atoms with Gasteiger partial charge in [0.1, 0.15) is 23.4 Å². The maximum absolute atomic E-state index is 12.2. The highest BCUT2D eigenvalue weighted by atomic mass is 35.5. The average molecular weight is 440 g/mol. The van der Waals surface area contributed by atoms with E-state index in [-0.39, 0.29) is 5.02 Å². The minimum absolute atomic E-state index is 0.274. The third-order valence-corrected chi connectivity index (χ3v) is 5.31. The molecule has 0 aliphatic rings. The van der Waals surface area contributed by atoms with Crippen LogP contribution in [0.15, 0.2) is 36.9 Å². The first-order valence-corrected chi connectivity index (χ1v) is 9.92. The van der Waals surface area contributed by atoms with Crippen LogP contribution in [0.3, 0.4) is 0 Å². The third kappa shape index (κ3) is 4.45. The number of benzene rings is 1. The van der Waals surface area contributed by atoms with Gasteiger partial charge in [-0.15, -0.1) is 11.3 Å². The van der Waals surface area contributed by atoms with E-state index in [0.717, 1.165) is 15.9 Å². The Bertz CT molecular complexity index is 1250. The van der Waals surface area contributed by atoms with Crippen LogP contribution in [0.5, 0.6) is 0 Å². The lowest BCUT2D eigenvalue weighted by molar-refractivity contribution is 0.262. The molecule has 0 radical (unpaired) electrons. The Morgan fingerprint density at radius 1 is 1.23 bits per heavy atom. The Morgan fingerprint density at radius 2 is 2.13 bits per heavy atom. The van der Waals surface area contributed by atoms with Crippen molar-refractivity contribution < 1.29 is 4.79 Å². The molecule has 0 saturated heterocycles. The summed E-state index contributed by atoms with van der Waals surface area (Å²) in [6.45, 7) is 0.628. The van der Waals surface area contributed by atoms with Crippen molar-refractivity contribution in [2.45, 2.75) is 6.42 Å². The summed E-state index contributed by atoms with van der Waals surface area (Å²) in [5, 5.41) is 25.0. The number of urea groups is 1. The van der Waals surface area contributed by atoms with E-state index in [1.807, 2.05) is 6.07 Å². The van der Waals surface area contributed by atoms with E-state index in [0.29, 0.717) is 35.2 Å². The van der Waals surface area contributed by atoms with Crippen molar-refractivity contribution in [3.63, 3.8) is 0 Å². The standard InChI is InChI=1S/C18H14ClN9OS/c19-13-5-11(2-1-10(13)6-20)26-17(29)27-18-22-7-12(30-18)3-4-21-16-15-14(8-25-28-15)23-9-24-16/h1-2,5,7-9H,3-4H2,(H,25,28)(H,21,23,24)(H2,22,26,27,29). The fraction of sp³-hybridized carbons (Fsp3) is 0.111. The van der Waals surface area contributed by atoms with Gasteiger partial charge in [-0.1, -0.05) is 11.6 Å². The predicted octanol–water partition coefficient (Wildman–Crippen LogP) is 3.63. The van der Waals surface area contributed by atoms with E-state index in [4.69, 9.17) is 16.9 Å². The zero-order valence-corrected chi connectivity index (χ0v) is 16.9. The first-order valence-electron chi connectivity index (χ1n) is 8.72. The van der Waals surface area contributed by atoms with Crippen molar-refractivity contribution in [3.8, 4) is 6.07 Å². The molecular weight excluding hydrogens is 426 g/mol. The van der Waals surface area contributed by atoms with Gasteiger partial charge in [0.15, 0.2) is 10.9 Å². The number of amides is 2. The fourth-order valence-electron chi connectivity index (χ4n) is 2.63. The summed E-state index contributed by atoms with van der Waals surface area (Å²) in [7, 11) is 0. The summed E-state index contributed by atoms with van der Waals surface area (Å²) in [6, 6.07) is 6.18. The molecule has 0 spiro atoms. The molecular formula is C18H14ClN9OS. The third-order valence-electron chi connectivity index (χ3n) is 4.03. The number of thiazole rings is 1. The van der Waals surface area contributed by atoms with Gasteiger partial charge >= 0.3 is 6.03 Å². The molecule has 0 aliphatic carbocycles. The summed E-state index contributed by atoms with van der Waals surface area (Å²) in [5.74, 6) is 0.681. The molecule has 1 aromatic carbocycles. The topological polar surface area (TPSA) is 144 Å². The predicted molar refractivity (Wildman–Crippen MR) is 115 cm³/mol. The summed E-state index contributed by atoms with van der Waals surface area (Å²) in [4.78, 5) is 25.7. The van der Waals surface area contributed by atoms with Gasteiger partial charge in [0.05, 0.1) is 16.8 Å². The zero-order valence-electron chi connectivity index (χ0n) is 15.3. The minimum atomic E-state index is -0.447. The second-order valence-corrected chi connectivity index (χ2v) is 7.57. The maximum Gasteiger partial charge on any atom is 0.325 e. The SMILES string of the molecule is N#Cc1ccc(NC(=O)Nc2ncc(CCNc3ncnc4cn[nH]c34)s2)cc1Cl. The zero-order chi connectivity index (χ0) is 20.9. The fourth-order valence-corrected chi connectivity index (χ4v) is 3.66. The lowest BCUT2D eigenvalue weighted by Gasteiger charge is -2.06. The Kier molecular flexibility index (Phi) is 5.69. The van der Waals surface area contributed by atoms with E-state index < -0.39 is 6.03 Å². The Hall–Kier alpha value is -3.75. The van der Waals surface area contributed by atoms with Crippen LogP contribution in [0.25, 0.3) is 11.0 Å². The molecule has 12 heteroatoms. The summed E-state index contributed by atoms with van der Waals surface area (Å²) in [5.41, 5.74) is 2.32. The molecule has 4 N–H and O–H groups in total. The highest BCUT2D eigenvalue weighted by molar-refractivity contribution is 7.15. The van der Waals surface area contributed by atoms with Gasteiger partial charge in [-0.05, 0) is 18.2 Å². The molecule has 10 nitrogen and oxygen atoms in total. The number of hydrogen-bond donors (Lipinski definition) is 4. The highest BCUT2D eigenvalue weighted by Crippen LogP contribution is 2.22. The van der Waals surface area contributed by atoms with Gasteiger partial charge in [0.25, 0.3) is 0 Å². The molecule has 0 fully saturated rings. The summed E-state index contributed by atoms with van der Waals surface area (Å²) in [6.07, 6.45) is 5.53. The molecule has 3 aromatic heterocycles. The van der Waals surface area contributed by atoms with Crippen molar-refractivity contribution in [3.05, 3.63) is 52.4 Å². The number of carbonyl (C=O) groups is 1. The number of nitrogens with zero attached hydrogens (tertiary/aromatic N) is 5. The van der Waals surface area contributed by atoms with Crippen LogP contribution in [0, 0.1) is 11.3 Å². The molecule has 4 rings (SSSR count). The number of H-pyrrole nitrogens is 1. The van der Waals surface area contributed by atoms with Crippen LogP contribution < -0.4 is 16.0 Å². The molecule has 4 aromatic rings. The molecule has 0 unspecified atom stereocenters. The monoisotopic (exact) mass is 439 g/mol. The molecule has 150 valence electrons. The average Bonchev–Trinajstić information content (AvgIpc) is 3.38. The largest absolute Gasteiger partial charge is 0.368 e. The quantitative estimate of drug-likeness (QED) is 0.359. The number of aromatic nitrogens is 5. The van der Waals surface area contributed by atoms with Gasteiger partial charge < -0.3 is 10.6 Å². The van der Waals surface area contributed by atoms with Crippen LogP contribution in [0.1, 0.15) is 10.4 Å². The van der Waals surface area contributed by atoms with Gasteiger partial charge in [0.2, 0.25) is 0 Å². The Balaban J connectivity index is 1.29. The van der Waals surface area contributed by atoms with Crippen molar-refractivity contribution in [2.24, 2.45) is 0 Å². The van der Waals surface area contributed by atoms with Crippen LogP contribution in [-0.2, 0) is 6.42 Å². The Labute approximate surface area is 179 Å². The number of hydrogen-bond acceptors (Lipinski definition) is 8. The number of halogens is 1. The number of carbonyl (C=O) groups excluding carboxylic acids is 1. The van der Waals surface area contributed by atoms with E-state index in [2.05, 4.69) is 41.1 Å². The van der Waals surface area contributed by atoms with E-state index in [9.17, 15) is 4.79 Å². The first-order chi connectivity index (χ1) is 14.6. The van der Waals surface area contributed by atoms with Gasteiger partial charge in [-0.25, -0.2) is 19.7 Å². The molecule has 0 saturated carbocycles. The van der Waals surface area contributed by atoms with Gasteiger partial charge in [0, 0.05) is 29.7 Å². The summed E-state index contributed by atoms with van der Waals surface area (Å²) >= 11 is 7.35. The van der Waals surface area contributed by atoms with Gasteiger partial charge in [-0.2, -0.15) is 10.4 Å². The van der Waals surface area contributed by atoms with Crippen molar-refractivity contribution >= 4 is 56.6 Å². The minimum Gasteiger partial charge on any atom is -0.368 e. The van der Waals surface area contributed by atoms with Crippen LogP contribution >= 0.6 is 22.9 Å². The van der Waals surface area contributed by atoms with E-state index >= 15 is 0 Å². The second-order valence-electron chi connectivity index (χ2n) is 6.05. The van der Waals surface area contributed by atoms with Crippen molar-refractivity contribution in [1.82, 2.24) is 25.1 Å². The molecule has 2 amide bonds. The van der Waals surface area contributed by atoms with E-state index in [1.54, 1.807) is 24.5 Å². The number of aromatic amines is 1. The number of anilines is 3. The first kappa shape index (κ1) is 19.6. The number of nitrogens with one attached hydrogen (secondary N) is 4. The van der Waals surface area contributed by atoms with Crippen LogP contribution in [-0.4, -0.2) is 37.7 Å². The lowest BCUT2D eigenvalue weighted by atomic mass is 10.2. The molecule has 0 aliphatic heterocycles. The van der Waals surface area contributed by atoms with Crippen LogP contribution in [0.2, 0.25) is 5.02 Å².